The lowest BCUT2D eigenvalue weighted by Gasteiger charge is -2.21. The molecule has 0 fully saturated rings. The van der Waals surface area contributed by atoms with Crippen molar-refractivity contribution in [3.05, 3.63) is 46.3 Å². The number of anilines is 1. The first-order valence-electron chi connectivity index (χ1n) is 14.2. The van der Waals surface area contributed by atoms with E-state index in [1.807, 2.05) is 13.8 Å². The van der Waals surface area contributed by atoms with Gasteiger partial charge < -0.3 is 30.0 Å². The van der Waals surface area contributed by atoms with Crippen molar-refractivity contribution in [2.75, 3.05) is 38.1 Å². The number of aryl methyl sites for hydroxylation is 1. The van der Waals surface area contributed by atoms with Crippen LogP contribution in [-0.2, 0) is 19.1 Å². The summed E-state index contributed by atoms with van der Waals surface area (Å²) in [4.78, 5) is 56.0. The zero-order chi connectivity index (χ0) is 30.3. The molecule has 2 aromatic rings. The molecule has 1 aliphatic rings. The highest BCUT2D eigenvalue weighted by Crippen LogP contribution is 2.36. The maximum Gasteiger partial charge on any atom is 0.311 e. The average Bonchev–Trinajstić information content (AvgIpc) is 3.39. The number of benzene rings is 1. The van der Waals surface area contributed by atoms with Crippen molar-refractivity contribution in [1.82, 2.24) is 15.2 Å². The number of H-pyrrole nitrogens is 1. The van der Waals surface area contributed by atoms with Crippen molar-refractivity contribution >= 4 is 41.1 Å². The molecule has 0 unspecified atom stereocenters. The first-order chi connectivity index (χ1) is 19.4. The first-order valence-corrected chi connectivity index (χ1v) is 14.2. The van der Waals surface area contributed by atoms with Gasteiger partial charge in [0.25, 0.3) is 11.8 Å². The molecule has 0 saturated carbocycles. The standard InChI is InChI=1S/C31H42N4O6/c1-8-35(9-2)16-15-32-29(38)27-19(4)25(33-20(27)5)18-23-22-17-21(11-12-24(22)34-28(23)37)41-26(36)13-14-31(6,7)30(39)40-10-3/h11-12,17-18,33H,8-10,13-16H2,1-7H3,(H,32,38)(H,34,37)/b23-18-. The molecule has 1 aromatic carbocycles. The Bertz CT molecular complexity index is 1340. The number of rotatable bonds is 13. The van der Waals surface area contributed by atoms with Crippen molar-refractivity contribution in [3.8, 4) is 5.75 Å². The van der Waals surface area contributed by atoms with Gasteiger partial charge in [0.15, 0.2) is 0 Å². The van der Waals surface area contributed by atoms with Crippen LogP contribution in [-0.4, -0.2) is 66.4 Å². The number of nitrogens with one attached hydrogen (secondary N) is 3. The van der Waals surface area contributed by atoms with Crippen LogP contribution in [0.15, 0.2) is 18.2 Å². The van der Waals surface area contributed by atoms with Gasteiger partial charge in [-0.3, -0.25) is 19.2 Å². The third-order valence-electron chi connectivity index (χ3n) is 7.39. The molecule has 222 valence electrons. The minimum absolute atomic E-state index is 0.0312. The van der Waals surface area contributed by atoms with Gasteiger partial charge in [0.2, 0.25) is 0 Å². The number of nitrogens with zero attached hydrogens (tertiary/aromatic N) is 1. The molecular formula is C31H42N4O6. The maximum absolute atomic E-state index is 13.0. The lowest BCUT2D eigenvalue weighted by molar-refractivity contribution is -0.154. The Balaban J connectivity index is 1.75. The van der Waals surface area contributed by atoms with E-state index in [-0.39, 0.29) is 43.0 Å². The summed E-state index contributed by atoms with van der Waals surface area (Å²) in [6, 6.07) is 4.93. The summed E-state index contributed by atoms with van der Waals surface area (Å²) in [6.07, 6.45) is 2.02. The molecule has 0 saturated heterocycles. The van der Waals surface area contributed by atoms with Crippen molar-refractivity contribution < 1.29 is 28.7 Å². The van der Waals surface area contributed by atoms with E-state index < -0.39 is 11.4 Å². The maximum atomic E-state index is 13.0. The van der Waals surface area contributed by atoms with Crippen molar-refractivity contribution in [2.45, 2.75) is 61.3 Å². The number of carbonyl (C=O) groups excluding carboxylic acids is 4. The van der Waals surface area contributed by atoms with E-state index >= 15 is 0 Å². The van der Waals surface area contributed by atoms with E-state index in [2.05, 4.69) is 34.4 Å². The van der Waals surface area contributed by atoms with Crippen molar-refractivity contribution in [1.29, 1.82) is 0 Å². The van der Waals surface area contributed by atoms with Crippen LogP contribution in [0.25, 0.3) is 11.6 Å². The monoisotopic (exact) mass is 566 g/mol. The minimum Gasteiger partial charge on any atom is -0.466 e. The van der Waals surface area contributed by atoms with Gasteiger partial charge >= 0.3 is 11.9 Å². The number of aromatic amines is 1. The van der Waals surface area contributed by atoms with Gasteiger partial charge in [-0.1, -0.05) is 13.8 Å². The molecule has 3 N–H and O–H groups in total. The first kappa shape index (κ1) is 31.6. The Morgan fingerprint density at radius 1 is 1.10 bits per heavy atom. The number of aromatic nitrogens is 1. The number of carbonyl (C=O) groups is 4. The molecule has 0 radical (unpaired) electrons. The predicted octanol–water partition coefficient (Wildman–Crippen LogP) is 4.47. The quantitative estimate of drug-likeness (QED) is 0.185. The average molecular weight is 567 g/mol. The van der Waals surface area contributed by atoms with Crippen LogP contribution in [0.4, 0.5) is 5.69 Å². The molecule has 0 atom stereocenters. The second-order valence-electron chi connectivity index (χ2n) is 10.7. The molecule has 0 aliphatic carbocycles. The molecule has 1 aliphatic heterocycles. The third-order valence-corrected chi connectivity index (χ3v) is 7.39. The highest BCUT2D eigenvalue weighted by atomic mass is 16.5. The van der Waals surface area contributed by atoms with Crippen LogP contribution in [0.1, 0.15) is 80.3 Å². The van der Waals surface area contributed by atoms with Gasteiger partial charge in [-0.05, 0) is 84.0 Å². The Hall–Kier alpha value is -3.92. The lowest BCUT2D eigenvalue weighted by atomic mass is 9.88. The molecule has 0 bridgehead atoms. The lowest BCUT2D eigenvalue weighted by Crippen LogP contribution is -2.35. The normalized spacial score (nSPS) is 13.8. The van der Waals surface area contributed by atoms with Crippen LogP contribution < -0.4 is 15.4 Å². The Morgan fingerprint density at radius 3 is 2.46 bits per heavy atom. The molecule has 10 heteroatoms. The molecule has 3 rings (SSSR count). The smallest absolute Gasteiger partial charge is 0.311 e. The van der Waals surface area contributed by atoms with Crippen LogP contribution in [0.2, 0.25) is 0 Å². The molecule has 1 aromatic heterocycles. The number of amides is 2. The fourth-order valence-electron chi connectivity index (χ4n) is 4.76. The topological polar surface area (TPSA) is 130 Å². The fraction of sp³-hybridized carbons (Fsp3) is 0.484. The van der Waals surface area contributed by atoms with Gasteiger partial charge in [0.1, 0.15) is 5.75 Å². The fourth-order valence-corrected chi connectivity index (χ4v) is 4.76. The highest BCUT2D eigenvalue weighted by Gasteiger charge is 2.30. The second-order valence-corrected chi connectivity index (χ2v) is 10.7. The largest absolute Gasteiger partial charge is 0.466 e. The summed E-state index contributed by atoms with van der Waals surface area (Å²) in [6.45, 7) is 16.5. The van der Waals surface area contributed by atoms with E-state index in [4.69, 9.17) is 9.47 Å². The summed E-state index contributed by atoms with van der Waals surface area (Å²) in [5.74, 6) is -1.02. The van der Waals surface area contributed by atoms with Gasteiger partial charge in [-0.25, -0.2) is 0 Å². The van der Waals surface area contributed by atoms with Crippen molar-refractivity contribution in [2.24, 2.45) is 5.41 Å². The van der Waals surface area contributed by atoms with E-state index in [0.717, 1.165) is 25.2 Å². The summed E-state index contributed by atoms with van der Waals surface area (Å²) in [5.41, 5.74) is 3.42. The van der Waals surface area contributed by atoms with E-state index in [9.17, 15) is 19.2 Å². The van der Waals surface area contributed by atoms with E-state index in [1.165, 1.54) is 0 Å². The molecule has 10 nitrogen and oxygen atoms in total. The van der Waals surface area contributed by atoms with Gasteiger partial charge in [0, 0.05) is 42.1 Å². The highest BCUT2D eigenvalue weighted by molar-refractivity contribution is 6.35. The van der Waals surface area contributed by atoms with Crippen LogP contribution >= 0.6 is 0 Å². The minimum atomic E-state index is -0.813. The SMILES string of the molecule is CCOC(=O)C(C)(C)CCC(=O)Oc1ccc2c(c1)/C(=C/c1[nH]c(C)c(C(=O)NCCN(CC)CC)c1C)C(=O)N2. The molecule has 41 heavy (non-hydrogen) atoms. The molecule has 2 amide bonds. The summed E-state index contributed by atoms with van der Waals surface area (Å²) in [7, 11) is 0. The van der Waals surface area contributed by atoms with Crippen molar-refractivity contribution in [3.63, 3.8) is 0 Å². The Kier molecular flexibility index (Phi) is 10.5. The van der Waals surface area contributed by atoms with E-state index in [0.29, 0.717) is 40.3 Å². The van der Waals surface area contributed by atoms with Gasteiger partial charge in [0.05, 0.1) is 23.2 Å². The summed E-state index contributed by atoms with van der Waals surface area (Å²) >= 11 is 0. The van der Waals surface area contributed by atoms with Gasteiger partial charge in [-0.2, -0.15) is 0 Å². The number of ether oxygens (including phenoxy) is 2. The second kappa shape index (κ2) is 13.6. The summed E-state index contributed by atoms with van der Waals surface area (Å²) in [5, 5.41) is 5.83. The van der Waals surface area contributed by atoms with Crippen LogP contribution in [0, 0.1) is 19.3 Å². The third kappa shape index (κ3) is 7.64. The number of fused-ring (bicyclic) bond motifs is 1. The van der Waals surface area contributed by atoms with E-state index in [1.54, 1.807) is 45.0 Å². The number of likely N-dealkylation sites (N-methyl/N-ethyl adjacent to an activating group) is 1. The zero-order valence-electron chi connectivity index (χ0n) is 25.2. The Morgan fingerprint density at radius 2 is 1.80 bits per heavy atom. The zero-order valence-corrected chi connectivity index (χ0v) is 25.2. The van der Waals surface area contributed by atoms with Crippen LogP contribution in [0.5, 0.6) is 5.75 Å². The summed E-state index contributed by atoms with van der Waals surface area (Å²) < 4.78 is 10.6. The number of esters is 2. The van der Waals surface area contributed by atoms with Gasteiger partial charge in [-0.15, -0.1) is 0 Å². The molecule has 0 spiro atoms. The molecular weight excluding hydrogens is 524 g/mol. The molecule has 2 heterocycles. The Labute approximate surface area is 241 Å². The number of hydrogen-bond donors (Lipinski definition) is 3. The predicted molar refractivity (Wildman–Crippen MR) is 159 cm³/mol. The number of hydrogen-bond acceptors (Lipinski definition) is 7. The van der Waals surface area contributed by atoms with Crippen LogP contribution in [0.3, 0.4) is 0 Å².